The number of ether oxygens (including phenoxy) is 1. The van der Waals surface area contributed by atoms with E-state index in [1.54, 1.807) is 24.3 Å². The predicted octanol–water partition coefficient (Wildman–Crippen LogP) is 1.05. The Labute approximate surface area is 103 Å². The zero-order chi connectivity index (χ0) is 13.6. The summed E-state index contributed by atoms with van der Waals surface area (Å²) in [6.07, 6.45) is 0. The standard InChI is InChI=1S/C11H15F2N3O2/c1-18-9-4-2-3-8(5-9)16-10(14)15-6-11(12,13)7-17/h2-5,17H,6-7H2,1H3,(H3,14,15,16). The molecule has 1 aromatic rings. The molecule has 1 rings (SSSR count). The summed E-state index contributed by atoms with van der Waals surface area (Å²) in [7, 11) is 1.51. The van der Waals surface area contributed by atoms with E-state index in [4.69, 9.17) is 15.6 Å². The molecule has 7 heteroatoms. The molecule has 0 fully saturated rings. The van der Waals surface area contributed by atoms with E-state index in [0.29, 0.717) is 11.4 Å². The summed E-state index contributed by atoms with van der Waals surface area (Å²) in [6.45, 7) is -2.13. The van der Waals surface area contributed by atoms with E-state index in [0.717, 1.165) is 0 Å². The molecular formula is C11H15F2N3O2. The van der Waals surface area contributed by atoms with Gasteiger partial charge in [0.1, 0.15) is 18.9 Å². The molecular weight excluding hydrogens is 244 g/mol. The Kier molecular flexibility index (Phi) is 4.85. The van der Waals surface area contributed by atoms with Crippen molar-refractivity contribution in [3.8, 4) is 5.75 Å². The Bertz CT molecular complexity index is 425. The molecule has 0 aliphatic heterocycles. The molecule has 0 bridgehead atoms. The topological polar surface area (TPSA) is 79.9 Å². The average Bonchev–Trinajstić information content (AvgIpc) is 2.37. The number of alkyl halides is 2. The van der Waals surface area contributed by atoms with Gasteiger partial charge in [-0.3, -0.25) is 0 Å². The van der Waals surface area contributed by atoms with Crippen LogP contribution in [0, 0.1) is 0 Å². The zero-order valence-corrected chi connectivity index (χ0v) is 9.86. The van der Waals surface area contributed by atoms with Gasteiger partial charge < -0.3 is 20.9 Å². The molecule has 1 aromatic carbocycles. The van der Waals surface area contributed by atoms with E-state index >= 15 is 0 Å². The van der Waals surface area contributed by atoms with Crippen LogP contribution in [-0.4, -0.2) is 37.3 Å². The molecule has 0 aromatic heterocycles. The summed E-state index contributed by atoms with van der Waals surface area (Å²) in [6, 6.07) is 6.79. The van der Waals surface area contributed by atoms with Crippen LogP contribution in [0.4, 0.5) is 14.5 Å². The van der Waals surface area contributed by atoms with Crippen molar-refractivity contribution in [3.05, 3.63) is 24.3 Å². The fraction of sp³-hybridized carbons (Fsp3) is 0.364. The highest BCUT2D eigenvalue weighted by Crippen LogP contribution is 2.16. The molecule has 0 aliphatic carbocycles. The number of hydrogen-bond donors (Lipinski definition) is 3. The number of nitrogens with zero attached hydrogens (tertiary/aromatic N) is 1. The Hall–Kier alpha value is -1.89. The van der Waals surface area contributed by atoms with E-state index in [-0.39, 0.29) is 5.96 Å². The Morgan fingerprint density at radius 2 is 2.28 bits per heavy atom. The number of halogens is 2. The van der Waals surface area contributed by atoms with Crippen molar-refractivity contribution in [1.29, 1.82) is 0 Å². The van der Waals surface area contributed by atoms with Gasteiger partial charge in [0.2, 0.25) is 0 Å². The monoisotopic (exact) mass is 259 g/mol. The predicted molar refractivity (Wildman–Crippen MR) is 65.1 cm³/mol. The fourth-order valence-corrected chi connectivity index (χ4v) is 1.14. The minimum atomic E-state index is -3.26. The van der Waals surface area contributed by atoms with Gasteiger partial charge in [-0.2, -0.15) is 0 Å². The number of benzene rings is 1. The third-order valence-electron chi connectivity index (χ3n) is 2.05. The molecule has 18 heavy (non-hydrogen) atoms. The maximum Gasteiger partial charge on any atom is 0.289 e. The lowest BCUT2D eigenvalue weighted by Gasteiger charge is -2.11. The largest absolute Gasteiger partial charge is 0.497 e. The third-order valence-corrected chi connectivity index (χ3v) is 2.05. The summed E-state index contributed by atoms with van der Waals surface area (Å²) in [5.74, 6) is -2.81. The van der Waals surface area contributed by atoms with Crippen molar-refractivity contribution < 1.29 is 18.6 Å². The van der Waals surface area contributed by atoms with Crippen LogP contribution in [0.2, 0.25) is 0 Å². The highest BCUT2D eigenvalue weighted by Gasteiger charge is 2.27. The summed E-state index contributed by atoms with van der Waals surface area (Å²) in [5, 5.41) is 11.0. The van der Waals surface area contributed by atoms with E-state index in [2.05, 4.69) is 10.3 Å². The lowest BCUT2D eigenvalue weighted by atomic mass is 10.3. The number of hydrogen-bond acceptors (Lipinski definition) is 3. The first-order valence-electron chi connectivity index (χ1n) is 5.16. The smallest absolute Gasteiger partial charge is 0.289 e. The number of methoxy groups -OCH3 is 1. The molecule has 100 valence electrons. The van der Waals surface area contributed by atoms with Gasteiger partial charge in [0, 0.05) is 11.8 Å². The molecule has 4 N–H and O–H groups in total. The molecule has 0 heterocycles. The van der Waals surface area contributed by atoms with Gasteiger partial charge in [0.15, 0.2) is 5.96 Å². The fourth-order valence-electron chi connectivity index (χ4n) is 1.14. The van der Waals surface area contributed by atoms with Crippen molar-refractivity contribution in [2.24, 2.45) is 10.7 Å². The SMILES string of the molecule is COc1cccc(NC(N)=NCC(F)(F)CO)c1. The molecule has 0 amide bonds. The van der Waals surface area contributed by atoms with Crippen molar-refractivity contribution >= 4 is 11.6 Å². The molecule has 0 radical (unpaired) electrons. The lowest BCUT2D eigenvalue weighted by molar-refractivity contribution is -0.0404. The molecule has 0 saturated carbocycles. The summed E-state index contributed by atoms with van der Waals surface area (Å²) in [4.78, 5) is 3.45. The van der Waals surface area contributed by atoms with Gasteiger partial charge in [-0.25, -0.2) is 13.8 Å². The first kappa shape index (κ1) is 14.2. The lowest BCUT2D eigenvalue weighted by Crippen LogP contribution is -2.29. The van der Waals surface area contributed by atoms with Crippen molar-refractivity contribution in [3.63, 3.8) is 0 Å². The summed E-state index contributed by atoms with van der Waals surface area (Å²) < 4.78 is 30.4. The van der Waals surface area contributed by atoms with Gasteiger partial charge in [-0.1, -0.05) is 6.07 Å². The number of rotatable bonds is 5. The second-order valence-electron chi connectivity index (χ2n) is 3.57. The third kappa shape index (κ3) is 4.54. The van der Waals surface area contributed by atoms with Crippen molar-refractivity contribution in [2.45, 2.75) is 5.92 Å². The second kappa shape index (κ2) is 6.15. The highest BCUT2D eigenvalue weighted by atomic mass is 19.3. The zero-order valence-electron chi connectivity index (χ0n) is 9.86. The van der Waals surface area contributed by atoms with Crippen LogP contribution in [0.5, 0.6) is 5.75 Å². The molecule has 0 saturated heterocycles. The van der Waals surface area contributed by atoms with Crippen LogP contribution in [0.3, 0.4) is 0 Å². The van der Waals surface area contributed by atoms with Gasteiger partial charge in [-0.05, 0) is 12.1 Å². The molecule has 0 atom stereocenters. The van der Waals surface area contributed by atoms with Gasteiger partial charge in [0.25, 0.3) is 5.92 Å². The van der Waals surface area contributed by atoms with Gasteiger partial charge in [-0.15, -0.1) is 0 Å². The minimum absolute atomic E-state index is 0.156. The van der Waals surface area contributed by atoms with Crippen LogP contribution < -0.4 is 15.8 Å². The molecule has 0 aliphatic rings. The maximum absolute atomic E-state index is 12.7. The van der Waals surface area contributed by atoms with Crippen molar-refractivity contribution in [2.75, 3.05) is 25.6 Å². The van der Waals surface area contributed by atoms with Crippen LogP contribution >= 0.6 is 0 Å². The number of guanidine groups is 1. The quantitative estimate of drug-likeness (QED) is 0.545. The Morgan fingerprint density at radius 3 is 2.89 bits per heavy atom. The van der Waals surface area contributed by atoms with Crippen LogP contribution in [0.1, 0.15) is 0 Å². The summed E-state index contributed by atoms with van der Waals surface area (Å²) in [5.41, 5.74) is 6.01. The second-order valence-corrected chi connectivity index (χ2v) is 3.57. The van der Waals surface area contributed by atoms with E-state index in [1.165, 1.54) is 7.11 Å². The summed E-state index contributed by atoms with van der Waals surface area (Å²) >= 11 is 0. The number of nitrogens with two attached hydrogens (primary N) is 1. The number of aliphatic hydroxyl groups excluding tert-OH is 1. The Balaban J connectivity index is 2.63. The number of nitrogens with one attached hydrogen (secondary N) is 1. The maximum atomic E-state index is 12.7. The van der Waals surface area contributed by atoms with Gasteiger partial charge >= 0.3 is 0 Å². The van der Waals surface area contributed by atoms with Gasteiger partial charge in [0.05, 0.1) is 7.11 Å². The normalized spacial score (nSPS) is 12.3. The first-order chi connectivity index (χ1) is 8.46. The van der Waals surface area contributed by atoms with E-state index < -0.39 is 19.1 Å². The van der Waals surface area contributed by atoms with E-state index in [9.17, 15) is 8.78 Å². The molecule has 0 spiro atoms. The number of anilines is 1. The minimum Gasteiger partial charge on any atom is -0.497 e. The van der Waals surface area contributed by atoms with Crippen LogP contribution in [-0.2, 0) is 0 Å². The van der Waals surface area contributed by atoms with Crippen LogP contribution in [0.25, 0.3) is 0 Å². The first-order valence-corrected chi connectivity index (χ1v) is 5.16. The number of aliphatic imine (C=N–C) groups is 1. The number of aliphatic hydroxyl groups is 1. The molecule has 0 unspecified atom stereocenters. The molecule has 5 nitrogen and oxygen atoms in total. The highest BCUT2D eigenvalue weighted by molar-refractivity contribution is 5.92. The van der Waals surface area contributed by atoms with Crippen LogP contribution in [0.15, 0.2) is 29.3 Å². The van der Waals surface area contributed by atoms with E-state index in [1.807, 2.05) is 0 Å². The Morgan fingerprint density at radius 1 is 1.56 bits per heavy atom. The van der Waals surface area contributed by atoms with Crippen molar-refractivity contribution in [1.82, 2.24) is 0 Å². The average molecular weight is 259 g/mol.